The molecule has 2 N–H and O–H groups in total. The molecule has 158 valence electrons. The zero-order valence-electron chi connectivity index (χ0n) is 18.5. The maximum Gasteiger partial charge on any atom is 0.0929 e. The maximum absolute atomic E-state index is 12.1. The Morgan fingerprint density at radius 2 is 1.68 bits per heavy atom. The minimum Gasteiger partial charge on any atom is -0.392 e. The highest BCUT2D eigenvalue weighted by Gasteiger charge is 2.07. The van der Waals surface area contributed by atoms with E-state index in [1.165, 1.54) is 0 Å². The van der Waals surface area contributed by atoms with E-state index in [-0.39, 0.29) is 6.42 Å². The van der Waals surface area contributed by atoms with Crippen molar-refractivity contribution in [1.29, 1.82) is 0 Å². The lowest BCUT2D eigenvalue weighted by molar-refractivity contribution is 0.156. The number of rotatable bonds is 6. The van der Waals surface area contributed by atoms with E-state index in [1.807, 2.05) is 59.0 Å². The second kappa shape index (κ2) is 18.1. The van der Waals surface area contributed by atoms with Crippen LogP contribution in [0.2, 0.25) is 0 Å². The van der Waals surface area contributed by atoms with Crippen molar-refractivity contribution < 1.29 is 9.50 Å². The first-order chi connectivity index (χ1) is 13.5. The Kier molecular flexibility index (Phi) is 18.1. The van der Waals surface area contributed by atoms with E-state index < -0.39 is 12.8 Å². The van der Waals surface area contributed by atoms with Gasteiger partial charge in [0.05, 0.1) is 18.5 Å². The molecule has 0 radical (unpaired) electrons. The molecule has 28 heavy (non-hydrogen) atoms. The Morgan fingerprint density at radius 1 is 1.11 bits per heavy atom. The van der Waals surface area contributed by atoms with Crippen LogP contribution in [0.25, 0.3) is 11.3 Å². The van der Waals surface area contributed by atoms with E-state index in [0.29, 0.717) is 5.92 Å². The zero-order chi connectivity index (χ0) is 21.9. The van der Waals surface area contributed by atoms with Crippen LogP contribution in [-0.4, -0.2) is 29.0 Å². The van der Waals surface area contributed by atoms with Gasteiger partial charge in [0, 0.05) is 30.9 Å². The highest BCUT2D eigenvalue weighted by atomic mass is 19.1. The molecule has 0 aliphatic heterocycles. The molecule has 0 saturated carbocycles. The summed E-state index contributed by atoms with van der Waals surface area (Å²) in [6.07, 6.45) is 1.00. The predicted molar refractivity (Wildman–Crippen MR) is 119 cm³/mol. The van der Waals surface area contributed by atoms with Crippen molar-refractivity contribution in [2.45, 2.75) is 54.1 Å². The number of aliphatic hydroxyl groups excluding tert-OH is 1. The zero-order valence-corrected chi connectivity index (χ0v) is 18.5. The van der Waals surface area contributed by atoms with E-state index in [2.05, 4.69) is 35.9 Å². The van der Waals surface area contributed by atoms with Crippen molar-refractivity contribution in [3.63, 3.8) is 0 Å². The van der Waals surface area contributed by atoms with E-state index in [4.69, 9.17) is 0 Å². The van der Waals surface area contributed by atoms with Gasteiger partial charge in [0.25, 0.3) is 0 Å². The van der Waals surface area contributed by atoms with Crippen LogP contribution in [0, 0.1) is 5.92 Å². The Balaban J connectivity index is 0. The fourth-order valence-electron chi connectivity index (χ4n) is 1.89. The first kappa shape index (κ1) is 27.9. The number of allylic oxidation sites excluding steroid dienone is 1. The third-order valence-corrected chi connectivity index (χ3v) is 3.56. The van der Waals surface area contributed by atoms with E-state index >= 15 is 0 Å². The predicted octanol–water partition coefficient (Wildman–Crippen LogP) is 5.96. The Labute approximate surface area is 170 Å². The van der Waals surface area contributed by atoms with Crippen molar-refractivity contribution in [3.8, 4) is 11.3 Å². The van der Waals surface area contributed by atoms with Gasteiger partial charge in [0.15, 0.2) is 0 Å². The number of aromatic nitrogens is 2. The summed E-state index contributed by atoms with van der Waals surface area (Å²) in [5, 5.41) is 20.4. The quantitative estimate of drug-likeness (QED) is 0.637. The third kappa shape index (κ3) is 11.4. The summed E-state index contributed by atoms with van der Waals surface area (Å²) in [5.74, 6) is 0.560. The lowest BCUT2D eigenvalue weighted by Crippen LogP contribution is -2.09. The van der Waals surface area contributed by atoms with Gasteiger partial charge in [-0.1, -0.05) is 72.4 Å². The molecule has 0 saturated heterocycles. The fourth-order valence-corrected chi connectivity index (χ4v) is 1.89. The number of nitrogens with zero attached hydrogens (tertiary/aromatic N) is 2. The molecule has 0 spiro atoms. The molecule has 2 aromatic rings. The van der Waals surface area contributed by atoms with Gasteiger partial charge in [-0.05, 0) is 23.6 Å². The molecule has 0 aliphatic carbocycles. The standard InChI is InChI=1S/C13H13FN2O.C6H13N.2C2H6/c14-8-7-13(17)11-5-3-10(4-6-11)12-2-1-9-15-16-12;1-5(2)6(3)7-4;2*1-2/h1-6,9,13,17H,7-8H2;5,7H,3H2,1-2,4H3;2*1-2H3. The Hall–Kier alpha value is -2.27. The normalized spacial score (nSPS) is 10.2. The molecule has 1 aromatic heterocycles. The second-order valence-electron chi connectivity index (χ2n) is 5.65. The largest absolute Gasteiger partial charge is 0.392 e. The molecule has 0 fully saturated rings. The summed E-state index contributed by atoms with van der Waals surface area (Å²) in [5.41, 5.74) is 3.52. The van der Waals surface area contributed by atoms with Crippen LogP contribution in [0.15, 0.2) is 54.9 Å². The number of hydrogen-bond donors (Lipinski definition) is 2. The van der Waals surface area contributed by atoms with Crippen molar-refractivity contribution >= 4 is 0 Å². The van der Waals surface area contributed by atoms with Crippen molar-refractivity contribution in [2.24, 2.45) is 5.92 Å². The number of halogens is 1. The molecular weight excluding hydrogens is 353 g/mol. The molecule has 4 nitrogen and oxygen atoms in total. The van der Waals surface area contributed by atoms with Crippen LogP contribution in [0.1, 0.15) is 59.6 Å². The fraction of sp³-hybridized carbons (Fsp3) is 0.478. The summed E-state index contributed by atoms with van der Waals surface area (Å²) < 4.78 is 12.1. The van der Waals surface area contributed by atoms with E-state index in [9.17, 15) is 9.50 Å². The number of benzene rings is 1. The molecule has 1 aromatic carbocycles. The van der Waals surface area contributed by atoms with Crippen LogP contribution in [0.3, 0.4) is 0 Å². The van der Waals surface area contributed by atoms with E-state index in [0.717, 1.165) is 22.5 Å². The van der Waals surface area contributed by atoms with Crippen LogP contribution >= 0.6 is 0 Å². The molecular formula is C23H38FN3O. The number of alkyl halides is 1. The van der Waals surface area contributed by atoms with Crippen LogP contribution in [0.5, 0.6) is 0 Å². The van der Waals surface area contributed by atoms with Crippen molar-refractivity contribution in [2.75, 3.05) is 13.7 Å². The molecule has 1 atom stereocenters. The molecule has 2 rings (SSSR count). The monoisotopic (exact) mass is 391 g/mol. The summed E-state index contributed by atoms with van der Waals surface area (Å²) in [7, 11) is 1.89. The summed E-state index contributed by atoms with van der Waals surface area (Å²) in [6, 6.07) is 10.9. The second-order valence-corrected chi connectivity index (χ2v) is 5.65. The van der Waals surface area contributed by atoms with Gasteiger partial charge in [0.2, 0.25) is 0 Å². The topological polar surface area (TPSA) is 58.0 Å². The molecule has 5 heteroatoms. The van der Waals surface area contributed by atoms with Gasteiger partial charge in [-0.2, -0.15) is 10.2 Å². The number of hydrogen-bond acceptors (Lipinski definition) is 4. The van der Waals surface area contributed by atoms with Gasteiger partial charge >= 0.3 is 0 Å². The molecule has 0 bridgehead atoms. The first-order valence-electron chi connectivity index (χ1n) is 9.98. The highest BCUT2D eigenvalue weighted by Crippen LogP contribution is 2.21. The Bertz CT molecular complexity index is 601. The average Bonchev–Trinajstić information content (AvgIpc) is 2.77. The summed E-state index contributed by atoms with van der Waals surface area (Å²) in [4.78, 5) is 0. The van der Waals surface area contributed by atoms with Crippen LogP contribution in [-0.2, 0) is 0 Å². The highest BCUT2D eigenvalue weighted by molar-refractivity contribution is 5.58. The van der Waals surface area contributed by atoms with Gasteiger partial charge in [-0.3, -0.25) is 4.39 Å². The molecule has 1 heterocycles. The van der Waals surface area contributed by atoms with Crippen LogP contribution < -0.4 is 5.32 Å². The summed E-state index contributed by atoms with van der Waals surface area (Å²) >= 11 is 0. The number of nitrogens with one attached hydrogen (secondary N) is 1. The van der Waals surface area contributed by atoms with Gasteiger partial charge < -0.3 is 10.4 Å². The summed E-state index contributed by atoms with van der Waals surface area (Å²) in [6.45, 7) is 15.5. The SMILES string of the molecule is C=C(NC)C(C)C.CC.CC.OC(CCF)c1ccc(-c2cccnn2)cc1. The third-order valence-electron chi connectivity index (χ3n) is 3.56. The van der Waals surface area contributed by atoms with Gasteiger partial charge in [-0.15, -0.1) is 0 Å². The smallest absolute Gasteiger partial charge is 0.0929 e. The van der Waals surface area contributed by atoms with Crippen LogP contribution in [0.4, 0.5) is 4.39 Å². The van der Waals surface area contributed by atoms with Gasteiger partial charge in [-0.25, -0.2) is 0 Å². The number of aliphatic hydroxyl groups is 1. The molecule has 0 amide bonds. The lowest BCUT2D eigenvalue weighted by Gasteiger charge is -2.09. The maximum atomic E-state index is 12.1. The molecule has 0 aliphatic rings. The van der Waals surface area contributed by atoms with E-state index in [1.54, 1.807) is 18.3 Å². The lowest BCUT2D eigenvalue weighted by atomic mass is 10.0. The Morgan fingerprint density at radius 3 is 2.04 bits per heavy atom. The van der Waals surface area contributed by atoms with Crippen molar-refractivity contribution in [1.82, 2.24) is 15.5 Å². The minimum atomic E-state index is -0.740. The minimum absolute atomic E-state index is 0.129. The van der Waals surface area contributed by atoms with Gasteiger partial charge in [0.1, 0.15) is 0 Å². The average molecular weight is 392 g/mol. The molecule has 1 unspecified atom stereocenters. The first-order valence-corrected chi connectivity index (χ1v) is 9.98. The van der Waals surface area contributed by atoms with Crippen molar-refractivity contribution in [3.05, 3.63) is 60.4 Å².